The van der Waals surface area contributed by atoms with Crippen LogP contribution in [0.15, 0.2) is 71.1 Å². The third kappa shape index (κ3) is 5.06. The number of furan rings is 1. The standard InChI is InChI=1S/C23H19FN4O5/c1-15-12-22(26-27(15)13-16-6-2-3-7-18(16)24)25-23(29)21-11-10-17(33-21)14-32-20-9-5-4-8-19(20)28(30)31/h2-12H,13-14H2,1H3,(H,25,26,29). The number of halogens is 1. The van der Waals surface area contributed by atoms with Gasteiger partial charge in [0.05, 0.1) is 11.5 Å². The number of aromatic nitrogens is 2. The van der Waals surface area contributed by atoms with Crippen molar-refractivity contribution in [1.29, 1.82) is 0 Å². The van der Waals surface area contributed by atoms with Crippen LogP contribution in [0.1, 0.15) is 27.6 Å². The summed E-state index contributed by atoms with van der Waals surface area (Å²) in [5.41, 5.74) is 1.06. The summed E-state index contributed by atoms with van der Waals surface area (Å²) in [5, 5.41) is 18.0. The van der Waals surface area contributed by atoms with Gasteiger partial charge in [0.15, 0.2) is 17.3 Å². The van der Waals surface area contributed by atoms with E-state index in [2.05, 4.69) is 10.4 Å². The van der Waals surface area contributed by atoms with E-state index in [9.17, 15) is 19.3 Å². The number of nitro benzene ring substituents is 1. The SMILES string of the molecule is Cc1cc(NC(=O)c2ccc(COc3ccccc3[N+](=O)[O-])o2)nn1Cc1ccccc1F. The normalized spacial score (nSPS) is 10.7. The minimum Gasteiger partial charge on any atom is -0.479 e. The van der Waals surface area contributed by atoms with E-state index in [0.29, 0.717) is 17.1 Å². The average Bonchev–Trinajstić information content (AvgIpc) is 3.40. The molecule has 168 valence electrons. The topological polar surface area (TPSA) is 112 Å². The third-order valence-electron chi connectivity index (χ3n) is 4.82. The molecule has 2 heterocycles. The molecule has 10 heteroatoms. The molecule has 33 heavy (non-hydrogen) atoms. The molecule has 2 aromatic carbocycles. The lowest BCUT2D eigenvalue weighted by Crippen LogP contribution is -2.12. The predicted molar refractivity (Wildman–Crippen MR) is 117 cm³/mol. The van der Waals surface area contributed by atoms with Crippen LogP contribution in [-0.2, 0) is 13.2 Å². The zero-order valence-electron chi connectivity index (χ0n) is 17.5. The van der Waals surface area contributed by atoms with Crippen LogP contribution in [-0.4, -0.2) is 20.6 Å². The molecule has 4 aromatic rings. The molecule has 0 aliphatic carbocycles. The molecule has 0 unspecified atom stereocenters. The Hall–Kier alpha value is -4.47. The molecule has 0 bridgehead atoms. The Morgan fingerprint density at radius 3 is 2.73 bits per heavy atom. The third-order valence-corrected chi connectivity index (χ3v) is 4.82. The Morgan fingerprint density at radius 1 is 1.18 bits per heavy atom. The number of amides is 1. The molecule has 4 rings (SSSR count). The van der Waals surface area contributed by atoms with Gasteiger partial charge < -0.3 is 14.5 Å². The number of para-hydroxylation sites is 2. The first-order valence-electron chi connectivity index (χ1n) is 9.95. The highest BCUT2D eigenvalue weighted by atomic mass is 19.1. The predicted octanol–water partition coefficient (Wildman–Crippen LogP) is 4.71. The summed E-state index contributed by atoms with van der Waals surface area (Å²) >= 11 is 0. The Morgan fingerprint density at radius 2 is 1.94 bits per heavy atom. The number of nitro groups is 1. The highest BCUT2D eigenvalue weighted by Crippen LogP contribution is 2.27. The van der Waals surface area contributed by atoms with Crippen LogP contribution >= 0.6 is 0 Å². The van der Waals surface area contributed by atoms with Crippen molar-refractivity contribution >= 4 is 17.4 Å². The van der Waals surface area contributed by atoms with E-state index < -0.39 is 10.8 Å². The number of aryl methyl sites for hydroxylation is 1. The Bertz CT molecular complexity index is 1310. The van der Waals surface area contributed by atoms with Gasteiger partial charge in [0.25, 0.3) is 5.91 Å². The van der Waals surface area contributed by atoms with Crippen molar-refractivity contribution in [3.05, 3.63) is 105 Å². The zero-order chi connectivity index (χ0) is 23.4. The fourth-order valence-electron chi connectivity index (χ4n) is 3.15. The van der Waals surface area contributed by atoms with Gasteiger partial charge in [-0.25, -0.2) is 4.39 Å². The second-order valence-electron chi connectivity index (χ2n) is 7.15. The number of carbonyl (C=O) groups is 1. The number of rotatable bonds is 8. The Balaban J connectivity index is 1.39. The van der Waals surface area contributed by atoms with E-state index >= 15 is 0 Å². The molecule has 0 aliphatic heterocycles. The van der Waals surface area contributed by atoms with Crippen molar-refractivity contribution < 1.29 is 23.3 Å². The van der Waals surface area contributed by atoms with Gasteiger partial charge in [0.2, 0.25) is 0 Å². The maximum atomic E-state index is 13.9. The number of carbonyl (C=O) groups excluding carboxylic acids is 1. The molecule has 0 fully saturated rings. The quantitative estimate of drug-likeness (QED) is 0.307. The number of anilines is 1. The molecule has 9 nitrogen and oxygen atoms in total. The van der Waals surface area contributed by atoms with Gasteiger partial charge in [-0.3, -0.25) is 19.6 Å². The van der Waals surface area contributed by atoms with Crippen LogP contribution < -0.4 is 10.1 Å². The van der Waals surface area contributed by atoms with Crippen LogP contribution in [0, 0.1) is 22.9 Å². The monoisotopic (exact) mass is 450 g/mol. The van der Waals surface area contributed by atoms with E-state index in [0.717, 1.165) is 5.69 Å². The molecule has 0 aliphatic rings. The summed E-state index contributed by atoms with van der Waals surface area (Å²) in [6, 6.07) is 17.1. The lowest BCUT2D eigenvalue weighted by atomic mass is 10.2. The molecular formula is C23H19FN4O5. The molecule has 0 spiro atoms. The number of nitrogens with zero attached hydrogens (tertiary/aromatic N) is 3. The van der Waals surface area contributed by atoms with Gasteiger partial charge in [-0.15, -0.1) is 0 Å². The molecule has 0 radical (unpaired) electrons. The highest BCUT2D eigenvalue weighted by Gasteiger charge is 2.17. The molecule has 0 saturated heterocycles. The average molecular weight is 450 g/mol. The fraction of sp³-hybridized carbons (Fsp3) is 0.130. The van der Waals surface area contributed by atoms with Crippen molar-refractivity contribution in [2.75, 3.05) is 5.32 Å². The van der Waals surface area contributed by atoms with Crippen molar-refractivity contribution in [3.63, 3.8) is 0 Å². The minimum absolute atomic E-state index is 0.0254. The van der Waals surface area contributed by atoms with Crippen LogP contribution in [0.5, 0.6) is 5.75 Å². The molecule has 0 saturated carbocycles. The first-order valence-corrected chi connectivity index (χ1v) is 9.95. The van der Waals surface area contributed by atoms with Gasteiger partial charge >= 0.3 is 5.69 Å². The summed E-state index contributed by atoms with van der Waals surface area (Å²) in [5.74, 6) is -0.118. The number of hydrogen-bond acceptors (Lipinski definition) is 6. The highest BCUT2D eigenvalue weighted by molar-refractivity contribution is 6.01. The molecule has 2 aromatic heterocycles. The molecular weight excluding hydrogens is 431 g/mol. The van der Waals surface area contributed by atoms with Crippen molar-refractivity contribution in [1.82, 2.24) is 9.78 Å². The van der Waals surface area contributed by atoms with Crippen LogP contribution in [0.2, 0.25) is 0 Å². The van der Waals surface area contributed by atoms with Gasteiger partial charge in [-0.2, -0.15) is 5.10 Å². The maximum absolute atomic E-state index is 13.9. The van der Waals surface area contributed by atoms with Crippen LogP contribution in [0.3, 0.4) is 0 Å². The Kier molecular flexibility index (Phi) is 6.16. The van der Waals surface area contributed by atoms with E-state index in [-0.39, 0.29) is 36.2 Å². The first kappa shape index (κ1) is 21.8. The smallest absolute Gasteiger partial charge is 0.310 e. The van der Waals surface area contributed by atoms with Crippen LogP contribution in [0.4, 0.5) is 15.9 Å². The number of nitrogens with one attached hydrogen (secondary N) is 1. The molecule has 1 amide bonds. The second kappa shape index (κ2) is 9.35. The van der Waals surface area contributed by atoms with Crippen molar-refractivity contribution in [3.8, 4) is 5.75 Å². The second-order valence-corrected chi connectivity index (χ2v) is 7.15. The Labute approximate surface area is 187 Å². The van der Waals surface area contributed by atoms with Gasteiger partial charge in [0, 0.05) is 23.4 Å². The zero-order valence-corrected chi connectivity index (χ0v) is 17.5. The number of ether oxygens (including phenoxy) is 1. The minimum atomic E-state index is -0.538. The lowest BCUT2D eigenvalue weighted by molar-refractivity contribution is -0.386. The van der Waals surface area contributed by atoms with E-state index in [1.165, 1.54) is 24.3 Å². The van der Waals surface area contributed by atoms with Crippen molar-refractivity contribution in [2.45, 2.75) is 20.1 Å². The van der Waals surface area contributed by atoms with Gasteiger partial charge in [-0.1, -0.05) is 30.3 Å². The fourth-order valence-corrected chi connectivity index (χ4v) is 3.15. The summed E-state index contributed by atoms with van der Waals surface area (Å²) in [7, 11) is 0. The van der Waals surface area contributed by atoms with E-state index in [1.54, 1.807) is 54.1 Å². The van der Waals surface area contributed by atoms with Crippen molar-refractivity contribution in [2.24, 2.45) is 0 Å². The van der Waals surface area contributed by atoms with Gasteiger partial charge in [-0.05, 0) is 31.2 Å². The molecule has 1 N–H and O–H groups in total. The summed E-state index contributed by atoms with van der Waals surface area (Å²) < 4.78 is 26.5. The number of hydrogen-bond donors (Lipinski definition) is 1. The van der Waals surface area contributed by atoms with Crippen LogP contribution in [0.25, 0.3) is 0 Å². The first-order chi connectivity index (χ1) is 15.9. The number of benzene rings is 2. The summed E-state index contributed by atoms with van der Waals surface area (Å²) in [6.45, 7) is 1.94. The van der Waals surface area contributed by atoms with E-state index in [4.69, 9.17) is 9.15 Å². The molecule has 0 atom stereocenters. The van der Waals surface area contributed by atoms with Gasteiger partial charge in [0.1, 0.15) is 18.2 Å². The lowest BCUT2D eigenvalue weighted by Gasteiger charge is -2.05. The maximum Gasteiger partial charge on any atom is 0.310 e. The summed E-state index contributed by atoms with van der Waals surface area (Å²) in [4.78, 5) is 23.1. The largest absolute Gasteiger partial charge is 0.479 e. The summed E-state index contributed by atoms with van der Waals surface area (Å²) in [6.07, 6.45) is 0. The van der Waals surface area contributed by atoms with E-state index in [1.807, 2.05) is 0 Å².